The van der Waals surface area contributed by atoms with Crippen molar-refractivity contribution < 1.29 is 31.8 Å². The fourth-order valence-corrected chi connectivity index (χ4v) is 6.74. The van der Waals surface area contributed by atoms with E-state index in [0.29, 0.717) is 19.4 Å². The first-order valence-corrected chi connectivity index (χ1v) is 16.8. The maximum atomic E-state index is 14.1. The molecule has 12 heteroatoms. The number of carbonyl (C=O) groups is 1. The lowest BCUT2D eigenvalue weighted by atomic mass is 10.0. The number of nitrogens with one attached hydrogen (secondary N) is 2. The minimum atomic E-state index is -3.58. The highest BCUT2D eigenvalue weighted by atomic mass is 32.2. The van der Waals surface area contributed by atoms with Crippen molar-refractivity contribution in [2.24, 2.45) is 5.73 Å². The molecule has 4 atom stereocenters. The minimum Gasteiger partial charge on any atom is -0.390 e. The second-order valence-corrected chi connectivity index (χ2v) is 13.5. The highest BCUT2D eigenvalue weighted by Crippen LogP contribution is 2.15. The second kappa shape index (κ2) is 17.1. The summed E-state index contributed by atoms with van der Waals surface area (Å²) in [6.45, 7) is 5.28. The number of benzene rings is 2. The molecule has 1 heterocycles. The molecule has 2 aromatic rings. The van der Waals surface area contributed by atoms with Crippen LogP contribution in [0.25, 0.3) is 0 Å². The van der Waals surface area contributed by atoms with E-state index in [1.165, 1.54) is 4.90 Å². The van der Waals surface area contributed by atoms with Crippen LogP contribution in [0.1, 0.15) is 49.8 Å². The lowest BCUT2D eigenvalue weighted by Crippen LogP contribution is -2.54. The van der Waals surface area contributed by atoms with Crippen molar-refractivity contribution in [2.75, 3.05) is 37.9 Å². The van der Waals surface area contributed by atoms with Gasteiger partial charge in [0.05, 0.1) is 30.4 Å². The monoisotopic (exact) mass is 624 g/mol. The van der Waals surface area contributed by atoms with Crippen molar-refractivity contribution in [1.29, 1.82) is 0 Å². The summed E-state index contributed by atoms with van der Waals surface area (Å²) in [6, 6.07) is 8.65. The van der Waals surface area contributed by atoms with Crippen molar-refractivity contribution in [3.63, 3.8) is 0 Å². The normalized spacial score (nSPS) is 17.5. The summed E-state index contributed by atoms with van der Waals surface area (Å²) in [5.74, 6) is -2.48. The number of hydrogen-bond donors (Lipinski definition) is 4. The number of unbranched alkanes of at least 4 members (excludes halogenated alkanes) is 1. The molecule has 9 nitrogen and oxygen atoms in total. The van der Waals surface area contributed by atoms with Gasteiger partial charge in [-0.1, -0.05) is 44.5 Å². The van der Waals surface area contributed by atoms with E-state index in [0.717, 1.165) is 48.7 Å². The maximum Gasteiger partial charge on any atom is 0.241 e. The SMILES string of the molecule is CCCCS(=O)(=O)C[C@@H](NCO[C@@H]1CCNC1)C(=O)N(Cc1cccc(CC)c1)C[C@@H](O)[C@@H](N)Cc1cc(F)cc(F)c1. The van der Waals surface area contributed by atoms with Gasteiger partial charge in [0.2, 0.25) is 5.91 Å². The molecule has 0 spiro atoms. The third-order valence-corrected chi connectivity index (χ3v) is 9.32. The largest absolute Gasteiger partial charge is 0.390 e. The maximum absolute atomic E-state index is 14.1. The van der Waals surface area contributed by atoms with Gasteiger partial charge in [0.15, 0.2) is 9.84 Å². The number of aryl methyl sites for hydroxylation is 1. The molecule has 1 amide bonds. The number of halogens is 2. The van der Waals surface area contributed by atoms with Crippen molar-refractivity contribution in [1.82, 2.24) is 15.5 Å². The third-order valence-electron chi connectivity index (χ3n) is 7.57. The zero-order valence-electron chi connectivity index (χ0n) is 25.1. The topological polar surface area (TPSA) is 134 Å². The van der Waals surface area contributed by atoms with Crippen LogP contribution in [0.3, 0.4) is 0 Å². The number of aliphatic hydroxyl groups is 1. The highest BCUT2D eigenvalue weighted by molar-refractivity contribution is 7.91. The van der Waals surface area contributed by atoms with Crippen molar-refractivity contribution in [3.05, 3.63) is 70.8 Å². The number of rotatable bonds is 18. The second-order valence-electron chi connectivity index (χ2n) is 11.3. The number of amides is 1. The van der Waals surface area contributed by atoms with Crippen LogP contribution in [0.5, 0.6) is 0 Å². The van der Waals surface area contributed by atoms with Crippen LogP contribution in [0.2, 0.25) is 0 Å². The molecule has 1 aliphatic heterocycles. The molecule has 1 saturated heterocycles. The van der Waals surface area contributed by atoms with E-state index in [1.54, 1.807) is 0 Å². The lowest BCUT2D eigenvalue weighted by Gasteiger charge is -2.32. The van der Waals surface area contributed by atoms with Crippen molar-refractivity contribution >= 4 is 15.7 Å². The Labute approximate surface area is 254 Å². The summed E-state index contributed by atoms with van der Waals surface area (Å²) in [5.41, 5.74) is 8.39. The summed E-state index contributed by atoms with van der Waals surface area (Å²) in [6.07, 6.45) is 1.45. The van der Waals surface area contributed by atoms with E-state index < -0.39 is 51.3 Å². The van der Waals surface area contributed by atoms with Gasteiger partial charge in [0, 0.05) is 31.7 Å². The van der Waals surface area contributed by atoms with E-state index in [1.807, 2.05) is 38.1 Å². The molecule has 1 fully saturated rings. The minimum absolute atomic E-state index is 0.0155. The first-order chi connectivity index (χ1) is 20.5. The zero-order valence-corrected chi connectivity index (χ0v) is 25.9. The first kappa shape index (κ1) is 35.0. The standard InChI is InChI=1S/C31H46F2N4O5S/c1-3-5-11-43(40,41)20-29(36-21-42-27-9-10-35-17-27)31(39)37(18-23-8-6-7-22(4-2)12-23)19-30(38)28(34)15-24-13-25(32)16-26(33)14-24/h6-8,12-14,16,27-30,35-36,38H,3-5,9-11,15,17-21,34H2,1-2H3/t27-,28+,29-,30-/m1/s1. The van der Waals surface area contributed by atoms with Gasteiger partial charge in [-0.15, -0.1) is 0 Å². The van der Waals surface area contributed by atoms with E-state index in [2.05, 4.69) is 10.6 Å². The zero-order chi connectivity index (χ0) is 31.4. The van der Waals surface area contributed by atoms with Crippen molar-refractivity contribution in [3.8, 4) is 0 Å². The number of hydrogen-bond acceptors (Lipinski definition) is 8. The van der Waals surface area contributed by atoms with Crippen LogP contribution >= 0.6 is 0 Å². The Kier molecular flexibility index (Phi) is 13.9. The van der Waals surface area contributed by atoms with E-state index in [-0.39, 0.29) is 43.7 Å². The number of ether oxygens (including phenoxy) is 1. The highest BCUT2D eigenvalue weighted by Gasteiger charge is 2.32. The molecule has 0 radical (unpaired) electrons. The first-order valence-electron chi connectivity index (χ1n) is 15.0. The average molecular weight is 625 g/mol. The Hall–Kier alpha value is -2.48. The molecule has 3 rings (SSSR count). The number of carbonyl (C=O) groups excluding carboxylic acids is 1. The van der Waals surface area contributed by atoms with Crippen LogP contribution in [-0.2, 0) is 38.8 Å². The van der Waals surface area contributed by atoms with Gasteiger partial charge in [-0.2, -0.15) is 0 Å². The van der Waals surface area contributed by atoms with Crippen LogP contribution in [-0.4, -0.2) is 86.5 Å². The predicted molar refractivity (Wildman–Crippen MR) is 163 cm³/mol. The number of sulfone groups is 1. The molecule has 0 saturated carbocycles. The summed E-state index contributed by atoms with van der Waals surface area (Å²) in [7, 11) is -3.58. The van der Waals surface area contributed by atoms with Crippen molar-refractivity contribution in [2.45, 2.75) is 76.8 Å². The Morgan fingerprint density at radius 2 is 1.88 bits per heavy atom. The van der Waals surface area contributed by atoms with Gasteiger partial charge < -0.3 is 25.8 Å². The van der Waals surface area contributed by atoms with E-state index in [4.69, 9.17) is 10.5 Å². The molecule has 43 heavy (non-hydrogen) atoms. The van der Waals surface area contributed by atoms with Gasteiger partial charge >= 0.3 is 0 Å². The number of nitrogens with zero attached hydrogens (tertiary/aromatic N) is 1. The fraction of sp³-hybridized carbons (Fsp3) is 0.581. The van der Waals surface area contributed by atoms with Gasteiger partial charge in [-0.25, -0.2) is 17.2 Å². The Balaban J connectivity index is 1.83. The van der Waals surface area contributed by atoms with Gasteiger partial charge in [0.25, 0.3) is 0 Å². The van der Waals surface area contributed by atoms with Gasteiger partial charge in [0.1, 0.15) is 17.7 Å². The van der Waals surface area contributed by atoms with Gasteiger partial charge in [-0.3, -0.25) is 10.1 Å². The Morgan fingerprint density at radius 1 is 1.16 bits per heavy atom. The van der Waals surface area contributed by atoms with Crippen LogP contribution in [0, 0.1) is 11.6 Å². The Bertz CT molecular complexity index is 1260. The molecular weight excluding hydrogens is 578 g/mol. The van der Waals surface area contributed by atoms with Crippen LogP contribution in [0.4, 0.5) is 8.78 Å². The molecule has 0 unspecified atom stereocenters. The summed E-state index contributed by atoms with van der Waals surface area (Å²) in [4.78, 5) is 15.5. The van der Waals surface area contributed by atoms with E-state index >= 15 is 0 Å². The molecule has 5 N–H and O–H groups in total. The molecule has 240 valence electrons. The van der Waals surface area contributed by atoms with Crippen LogP contribution < -0.4 is 16.4 Å². The lowest BCUT2D eigenvalue weighted by molar-refractivity contribution is -0.136. The fourth-order valence-electron chi connectivity index (χ4n) is 5.08. The quantitative estimate of drug-likeness (QED) is 0.186. The smallest absolute Gasteiger partial charge is 0.241 e. The molecule has 0 aliphatic carbocycles. The Morgan fingerprint density at radius 3 is 2.53 bits per heavy atom. The molecule has 0 bridgehead atoms. The number of aliphatic hydroxyl groups excluding tert-OH is 1. The summed E-state index contributed by atoms with van der Waals surface area (Å²) >= 11 is 0. The molecular formula is C31H46F2N4O5S. The summed E-state index contributed by atoms with van der Waals surface area (Å²) < 4.78 is 59.3. The number of nitrogens with two attached hydrogens (primary N) is 1. The molecule has 1 aliphatic rings. The predicted octanol–water partition coefficient (Wildman–Crippen LogP) is 2.30. The molecule has 2 aromatic carbocycles. The third kappa shape index (κ3) is 11.8. The summed E-state index contributed by atoms with van der Waals surface area (Å²) in [5, 5.41) is 17.3. The van der Waals surface area contributed by atoms with Crippen LogP contribution in [0.15, 0.2) is 42.5 Å². The van der Waals surface area contributed by atoms with Gasteiger partial charge in [-0.05, 0) is 61.1 Å². The van der Waals surface area contributed by atoms with E-state index in [9.17, 15) is 27.1 Å². The average Bonchev–Trinajstić information content (AvgIpc) is 3.48. The molecule has 0 aromatic heterocycles.